The zero-order valence-corrected chi connectivity index (χ0v) is 12.4. The van der Waals surface area contributed by atoms with E-state index in [-0.39, 0.29) is 29.2 Å². The van der Waals surface area contributed by atoms with E-state index in [0.29, 0.717) is 0 Å². The molecule has 0 aliphatic carbocycles. The van der Waals surface area contributed by atoms with Gasteiger partial charge in [-0.05, 0) is 20.8 Å². The Morgan fingerprint density at radius 2 is 2.20 bits per heavy atom. The average Bonchev–Trinajstić information content (AvgIpc) is 2.37. The summed E-state index contributed by atoms with van der Waals surface area (Å²) in [5.41, 5.74) is -0.344. The van der Waals surface area contributed by atoms with Crippen LogP contribution in [0.25, 0.3) is 0 Å². The zero-order valence-electron chi connectivity index (χ0n) is 11.6. The monoisotopic (exact) mass is 296 g/mol. The Hall–Kier alpha value is -2.00. The molecule has 20 heavy (non-hydrogen) atoms. The van der Waals surface area contributed by atoms with Gasteiger partial charge in [-0.25, -0.2) is 4.68 Å². The molecule has 0 radical (unpaired) electrons. The van der Waals surface area contributed by atoms with Crippen LogP contribution in [0.4, 0.5) is 5.69 Å². The third-order valence-corrected chi connectivity index (χ3v) is 2.71. The predicted molar refractivity (Wildman–Crippen MR) is 78.7 cm³/mol. The van der Waals surface area contributed by atoms with Crippen LogP contribution in [-0.2, 0) is 11.3 Å². The van der Waals surface area contributed by atoms with E-state index in [1.54, 1.807) is 6.92 Å². The Morgan fingerprint density at radius 1 is 1.55 bits per heavy atom. The van der Waals surface area contributed by atoms with Gasteiger partial charge in [-0.1, -0.05) is 17.5 Å². The molecule has 1 amide bonds. The summed E-state index contributed by atoms with van der Waals surface area (Å²) < 4.78 is 1.10. The molecule has 0 aromatic carbocycles. The molecule has 1 atom stereocenters. The molecule has 0 saturated carbocycles. The Labute approximate surface area is 122 Å². The molecule has 108 valence electrons. The molecule has 0 fully saturated rings. The molecule has 0 bridgehead atoms. The predicted octanol–water partition coefficient (Wildman–Crippen LogP) is 0.855. The van der Waals surface area contributed by atoms with E-state index in [4.69, 9.17) is 18.0 Å². The van der Waals surface area contributed by atoms with Gasteiger partial charge in [0.2, 0.25) is 5.91 Å². The number of amides is 1. The molecule has 0 saturated heterocycles. The van der Waals surface area contributed by atoms with Gasteiger partial charge in [-0.2, -0.15) is 5.10 Å². The quantitative estimate of drug-likeness (QED) is 0.790. The van der Waals surface area contributed by atoms with E-state index >= 15 is 0 Å². The van der Waals surface area contributed by atoms with Crippen LogP contribution in [0.5, 0.6) is 0 Å². The highest BCUT2D eigenvalue weighted by Gasteiger charge is 2.17. The number of aromatic nitrogens is 2. The third-order valence-electron chi connectivity index (χ3n) is 2.42. The topological polar surface area (TPSA) is 76.0 Å². The number of hydrogen-bond acceptors (Lipinski definition) is 4. The van der Waals surface area contributed by atoms with Crippen LogP contribution < -0.4 is 16.2 Å². The maximum Gasteiger partial charge on any atom is 0.292 e. The van der Waals surface area contributed by atoms with Crippen molar-refractivity contribution in [1.29, 1.82) is 0 Å². The number of hydrogen-bond donors (Lipinski definition) is 2. The standard InChI is InChI=1S/C13H17ClN4O2/c1-5-6-18-13(20)11(10(14)7-15-18)17-9(4)12(19)16-8(2)3/h1,7-9,17H,6H2,2-4H3,(H,16,19). The summed E-state index contributed by atoms with van der Waals surface area (Å²) in [5.74, 6) is 2.10. The summed E-state index contributed by atoms with van der Waals surface area (Å²) in [4.78, 5) is 23.9. The summed E-state index contributed by atoms with van der Waals surface area (Å²) in [6, 6.07) is -0.595. The van der Waals surface area contributed by atoms with Gasteiger partial charge in [0.1, 0.15) is 18.3 Å². The van der Waals surface area contributed by atoms with Gasteiger partial charge in [0.05, 0.1) is 11.2 Å². The second kappa shape index (κ2) is 6.96. The van der Waals surface area contributed by atoms with Gasteiger partial charge >= 0.3 is 0 Å². The van der Waals surface area contributed by atoms with Crippen LogP contribution in [0.1, 0.15) is 20.8 Å². The minimum Gasteiger partial charge on any atom is -0.368 e. The molecular weight excluding hydrogens is 280 g/mol. The van der Waals surface area contributed by atoms with Crippen molar-refractivity contribution in [1.82, 2.24) is 15.1 Å². The van der Waals surface area contributed by atoms with Gasteiger partial charge in [-0.15, -0.1) is 6.42 Å². The highest BCUT2D eigenvalue weighted by molar-refractivity contribution is 6.33. The lowest BCUT2D eigenvalue weighted by Gasteiger charge is -2.17. The smallest absolute Gasteiger partial charge is 0.292 e. The lowest BCUT2D eigenvalue weighted by molar-refractivity contribution is -0.122. The minimum atomic E-state index is -0.607. The van der Waals surface area contributed by atoms with Gasteiger partial charge < -0.3 is 10.6 Å². The fourth-order valence-electron chi connectivity index (χ4n) is 1.49. The van der Waals surface area contributed by atoms with Gasteiger partial charge in [0.15, 0.2) is 0 Å². The largest absolute Gasteiger partial charge is 0.368 e. The van der Waals surface area contributed by atoms with Crippen LogP contribution in [-0.4, -0.2) is 27.8 Å². The van der Waals surface area contributed by atoms with E-state index in [1.165, 1.54) is 6.20 Å². The number of nitrogens with zero attached hydrogens (tertiary/aromatic N) is 2. The van der Waals surface area contributed by atoms with Crippen LogP contribution in [0, 0.1) is 12.3 Å². The van der Waals surface area contributed by atoms with Crippen molar-refractivity contribution >= 4 is 23.2 Å². The summed E-state index contributed by atoms with van der Waals surface area (Å²) in [5, 5.41) is 9.50. The molecule has 0 aliphatic heterocycles. The Morgan fingerprint density at radius 3 is 2.75 bits per heavy atom. The lowest BCUT2D eigenvalue weighted by Crippen LogP contribution is -2.42. The zero-order chi connectivity index (χ0) is 15.3. The van der Waals surface area contributed by atoms with Crippen molar-refractivity contribution in [2.24, 2.45) is 0 Å². The molecule has 1 heterocycles. The molecule has 1 aromatic heterocycles. The summed E-state index contributed by atoms with van der Waals surface area (Å²) >= 11 is 5.93. The molecule has 0 aliphatic rings. The number of rotatable bonds is 5. The van der Waals surface area contributed by atoms with E-state index in [2.05, 4.69) is 21.7 Å². The van der Waals surface area contributed by atoms with Crippen molar-refractivity contribution < 1.29 is 4.79 Å². The number of terminal acetylenes is 1. The Bertz CT molecular complexity index is 589. The van der Waals surface area contributed by atoms with E-state index in [1.807, 2.05) is 13.8 Å². The van der Waals surface area contributed by atoms with Gasteiger partial charge in [-0.3, -0.25) is 9.59 Å². The first-order valence-electron chi connectivity index (χ1n) is 6.12. The van der Waals surface area contributed by atoms with Crippen molar-refractivity contribution in [3.05, 3.63) is 21.6 Å². The fraction of sp³-hybridized carbons (Fsp3) is 0.462. The molecule has 2 N–H and O–H groups in total. The molecule has 1 aromatic rings. The fourth-order valence-corrected chi connectivity index (χ4v) is 1.67. The normalized spacial score (nSPS) is 11.8. The summed E-state index contributed by atoms with van der Waals surface area (Å²) in [6.45, 7) is 5.38. The van der Waals surface area contributed by atoms with Crippen LogP contribution >= 0.6 is 11.6 Å². The molecule has 7 heteroatoms. The number of carbonyl (C=O) groups is 1. The Balaban J connectivity index is 2.98. The van der Waals surface area contributed by atoms with Gasteiger partial charge in [0, 0.05) is 6.04 Å². The first-order chi connectivity index (χ1) is 9.36. The van der Waals surface area contributed by atoms with Crippen molar-refractivity contribution in [3.8, 4) is 12.3 Å². The second-order valence-corrected chi connectivity index (χ2v) is 4.97. The second-order valence-electron chi connectivity index (χ2n) is 4.56. The molecule has 1 unspecified atom stereocenters. The third kappa shape index (κ3) is 4.00. The first kappa shape index (κ1) is 16.1. The average molecular weight is 297 g/mol. The number of anilines is 1. The maximum absolute atomic E-state index is 12.1. The minimum absolute atomic E-state index is 0.0118. The van der Waals surface area contributed by atoms with E-state index in [0.717, 1.165) is 4.68 Å². The van der Waals surface area contributed by atoms with E-state index in [9.17, 15) is 9.59 Å². The first-order valence-corrected chi connectivity index (χ1v) is 6.50. The number of carbonyl (C=O) groups excluding carboxylic acids is 1. The molecule has 6 nitrogen and oxygen atoms in total. The molecular formula is C13H17ClN4O2. The van der Waals surface area contributed by atoms with Crippen molar-refractivity contribution in [2.75, 3.05) is 5.32 Å². The summed E-state index contributed by atoms with van der Waals surface area (Å²) in [6.07, 6.45) is 6.47. The lowest BCUT2D eigenvalue weighted by atomic mass is 10.2. The van der Waals surface area contributed by atoms with Crippen LogP contribution in [0.15, 0.2) is 11.0 Å². The molecule has 0 spiro atoms. The van der Waals surface area contributed by atoms with Crippen molar-refractivity contribution in [3.63, 3.8) is 0 Å². The maximum atomic E-state index is 12.1. The highest BCUT2D eigenvalue weighted by atomic mass is 35.5. The Kier molecular flexibility index (Phi) is 5.59. The van der Waals surface area contributed by atoms with Crippen LogP contribution in [0.3, 0.4) is 0 Å². The molecule has 1 rings (SSSR count). The summed E-state index contributed by atoms with van der Waals surface area (Å²) in [7, 11) is 0. The van der Waals surface area contributed by atoms with Crippen LogP contribution in [0.2, 0.25) is 5.02 Å². The van der Waals surface area contributed by atoms with E-state index < -0.39 is 11.6 Å². The van der Waals surface area contributed by atoms with Crippen molar-refractivity contribution in [2.45, 2.75) is 39.4 Å². The van der Waals surface area contributed by atoms with Gasteiger partial charge in [0.25, 0.3) is 5.56 Å². The number of nitrogens with one attached hydrogen (secondary N) is 2. The SMILES string of the molecule is C#CCn1ncc(Cl)c(NC(C)C(=O)NC(C)C)c1=O. The highest BCUT2D eigenvalue weighted by Crippen LogP contribution is 2.16. The number of halogens is 1.